The number of carbonyl (C=O) groups is 2. The predicted octanol–water partition coefficient (Wildman–Crippen LogP) is 3.65. The second kappa shape index (κ2) is 16.3. The molecule has 0 aliphatic rings. The van der Waals surface area contributed by atoms with Gasteiger partial charge in [-0.3, -0.25) is 9.59 Å². The first kappa shape index (κ1) is 23.9. The molecule has 0 saturated carbocycles. The van der Waals surface area contributed by atoms with Gasteiger partial charge in [0.25, 0.3) is 0 Å². The molecule has 6 nitrogen and oxygen atoms in total. The van der Waals surface area contributed by atoms with E-state index in [9.17, 15) is 9.59 Å². The van der Waals surface area contributed by atoms with E-state index >= 15 is 0 Å². The molecule has 0 aromatic rings. The van der Waals surface area contributed by atoms with Gasteiger partial charge in [-0.15, -0.1) is 0 Å². The van der Waals surface area contributed by atoms with E-state index in [-0.39, 0.29) is 24.1 Å². The van der Waals surface area contributed by atoms with E-state index in [1.165, 1.54) is 0 Å². The molecule has 0 heterocycles. The lowest BCUT2D eigenvalue weighted by atomic mass is 10.1. The SMILES string of the molecule is COC(C)CCOC(=O)CCCCCCCC(=O)OCCC(C)OC. The number of unbranched alkanes of at least 4 members (excludes halogenated alkanes) is 4. The van der Waals surface area contributed by atoms with Gasteiger partial charge in [-0.2, -0.15) is 0 Å². The number of hydrogen-bond donors (Lipinski definition) is 0. The third-order valence-electron chi connectivity index (χ3n) is 4.14. The zero-order valence-electron chi connectivity index (χ0n) is 16.4. The van der Waals surface area contributed by atoms with Gasteiger partial charge in [-0.1, -0.05) is 19.3 Å². The molecule has 2 unspecified atom stereocenters. The van der Waals surface area contributed by atoms with Crippen molar-refractivity contribution >= 4 is 11.9 Å². The van der Waals surface area contributed by atoms with Crippen LogP contribution in [0, 0.1) is 0 Å². The minimum atomic E-state index is -0.142. The summed E-state index contributed by atoms with van der Waals surface area (Å²) in [7, 11) is 3.29. The van der Waals surface area contributed by atoms with Crippen molar-refractivity contribution in [1.29, 1.82) is 0 Å². The van der Waals surface area contributed by atoms with Gasteiger partial charge in [0.05, 0.1) is 25.4 Å². The summed E-state index contributed by atoms with van der Waals surface area (Å²) in [5, 5.41) is 0. The fraction of sp³-hybridized carbons (Fsp3) is 0.895. The highest BCUT2D eigenvalue weighted by Gasteiger charge is 2.06. The maximum absolute atomic E-state index is 11.5. The number of ether oxygens (including phenoxy) is 4. The zero-order valence-corrected chi connectivity index (χ0v) is 16.4. The fourth-order valence-electron chi connectivity index (χ4n) is 2.13. The Morgan fingerprint density at radius 3 is 1.40 bits per heavy atom. The molecule has 0 aliphatic carbocycles. The van der Waals surface area contributed by atoms with E-state index in [0.29, 0.717) is 26.1 Å². The monoisotopic (exact) mass is 360 g/mol. The maximum atomic E-state index is 11.5. The Morgan fingerprint density at radius 2 is 1.04 bits per heavy atom. The van der Waals surface area contributed by atoms with Crippen molar-refractivity contribution in [2.24, 2.45) is 0 Å². The second-order valence-electron chi connectivity index (χ2n) is 6.38. The molecule has 0 aliphatic heterocycles. The van der Waals surface area contributed by atoms with Gasteiger partial charge in [-0.05, 0) is 26.7 Å². The number of rotatable bonds is 16. The van der Waals surface area contributed by atoms with Crippen molar-refractivity contribution < 1.29 is 28.5 Å². The van der Waals surface area contributed by atoms with Crippen LogP contribution in [0.1, 0.15) is 71.6 Å². The average molecular weight is 360 g/mol. The molecule has 148 valence electrons. The van der Waals surface area contributed by atoms with Gasteiger partial charge in [0.2, 0.25) is 0 Å². The highest BCUT2D eigenvalue weighted by Crippen LogP contribution is 2.09. The molecule has 0 amide bonds. The Balaban J connectivity index is 3.37. The Labute approximate surface area is 152 Å². The van der Waals surface area contributed by atoms with Crippen LogP contribution in [0.15, 0.2) is 0 Å². The number of esters is 2. The number of hydrogen-bond acceptors (Lipinski definition) is 6. The van der Waals surface area contributed by atoms with Crippen LogP contribution < -0.4 is 0 Å². The lowest BCUT2D eigenvalue weighted by Crippen LogP contribution is -2.12. The first-order chi connectivity index (χ1) is 12.0. The Bertz CT molecular complexity index is 313. The second-order valence-corrected chi connectivity index (χ2v) is 6.38. The molecule has 0 rings (SSSR count). The summed E-state index contributed by atoms with van der Waals surface area (Å²) >= 11 is 0. The highest BCUT2D eigenvalue weighted by atomic mass is 16.5. The largest absolute Gasteiger partial charge is 0.466 e. The van der Waals surface area contributed by atoms with Gasteiger partial charge in [-0.25, -0.2) is 0 Å². The highest BCUT2D eigenvalue weighted by molar-refractivity contribution is 5.69. The van der Waals surface area contributed by atoms with Gasteiger partial charge in [0.15, 0.2) is 0 Å². The number of carbonyl (C=O) groups excluding carboxylic acids is 2. The molecule has 0 aromatic heterocycles. The van der Waals surface area contributed by atoms with Crippen LogP contribution in [0.2, 0.25) is 0 Å². The fourth-order valence-corrected chi connectivity index (χ4v) is 2.13. The standard InChI is InChI=1S/C19H36O6/c1-16(22-3)12-14-24-18(20)10-8-6-5-7-9-11-19(21)25-15-13-17(2)23-4/h16-17H,5-15H2,1-4H3. The molecule has 6 heteroatoms. The van der Waals surface area contributed by atoms with Gasteiger partial charge in [0.1, 0.15) is 0 Å². The van der Waals surface area contributed by atoms with E-state index < -0.39 is 0 Å². The summed E-state index contributed by atoms with van der Waals surface area (Å²) in [6.07, 6.45) is 7.23. The van der Waals surface area contributed by atoms with E-state index in [4.69, 9.17) is 18.9 Å². The van der Waals surface area contributed by atoms with Crippen LogP contribution in [0.3, 0.4) is 0 Å². The minimum Gasteiger partial charge on any atom is -0.466 e. The lowest BCUT2D eigenvalue weighted by Gasteiger charge is -2.10. The van der Waals surface area contributed by atoms with Crippen LogP contribution in [0.4, 0.5) is 0 Å². The van der Waals surface area contributed by atoms with Gasteiger partial charge in [0, 0.05) is 39.9 Å². The molecule has 25 heavy (non-hydrogen) atoms. The normalized spacial score (nSPS) is 13.3. The van der Waals surface area contributed by atoms with Gasteiger partial charge >= 0.3 is 11.9 Å². The van der Waals surface area contributed by atoms with E-state index in [2.05, 4.69) is 0 Å². The quantitative estimate of drug-likeness (QED) is 0.309. The first-order valence-corrected chi connectivity index (χ1v) is 9.36. The average Bonchev–Trinajstić information content (AvgIpc) is 2.60. The molecule has 0 aromatic carbocycles. The van der Waals surface area contributed by atoms with Crippen molar-refractivity contribution in [3.05, 3.63) is 0 Å². The van der Waals surface area contributed by atoms with Crippen LogP contribution in [0.5, 0.6) is 0 Å². The summed E-state index contributed by atoms with van der Waals surface area (Å²) in [6.45, 7) is 4.73. The van der Waals surface area contributed by atoms with Crippen LogP contribution >= 0.6 is 0 Å². The molecule has 0 spiro atoms. The van der Waals surface area contributed by atoms with E-state index in [1.807, 2.05) is 13.8 Å². The van der Waals surface area contributed by atoms with Gasteiger partial charge < -0.3 is 18.9 Å². The van der Waals surface area contributed by atoms with Crippen molar-refractivity contribution in [2.45, 2.75) is 83.8 Å². The third-order valence-corrected chi connectivity index (χ3v) is 4.14. The summed E-state index contributed by atoms with van der Waals surface area (Å²) < 4.78 is 20.5. The maximum Gasteiger partial charge on any atom is 0.305 e. The van der Waals surface area contributed by atoms with E-state index in [0.717, 1.165) is 44.9 Å². The van der Waals surface area contributed by atoms with Crippen LogP contribution in [-0.4, -0.2) is 51.6 Å². The smallest absolute Gasteiger partial charge is 0.305 e. The molecular formula is C19H36O6. The van der Waals surface area contributed by atoms with Crippen molar-refractivity contribution in [1.82, 2.24) is 0 Å². The van der Waals surface area contributed by atoms with Crippen molar-refractivity contribution in [2.75, 3.05) is 27.4 Å². The lowest BCUT2D eigenvalue weighted by molar-refractivity contribution is -0.145. The molecule has 0 fully saturated rings. The molecule has 0 saturated heterocycles. The molecular weight excluding hydrogens is 324 g/mol. The van der Waals surface area contributed by atoms with Crippen LogP contribution in [0.25, 0.3) is 0 Å². The number of methoxy groups -OCH3 is 2. The summed E-state index contributed by atoms with van der Waals surface area (Å²) in [5.74, 6) is -0.283. The Hall–Kier alpha value is -1.14. The molecule has 0 radical (unpaired) electrons. The molecule has 2 atom stereocenters. The molecule has 0 bridgehead atoms. The predicted molar refractivity (Wildman–Crippen MR) is 96.4 cm³/mol. The topological polar surface area (TPSA) is 71.1 Å². The summed E-state index contributed by atoms with van der Waals surface area (Å²) in [6, 6.07) is 0. The summed E-state index contributed by atoms with van der Waals surface area (Å²) in [5.41, 5.74) is 0. The van der Waals surface area contributed by atoms with Crippen LogP contribution in [-0.2, 0) is 28.5 Å². The Morgan fingerprint density at radius 1 is 0.680 bits per heavy atom. The van der Waals surface area contributed by atoms with Crippen molar-refractivity contribution in [3.8, 4) is 0 Å². The zero-order chi connectivity index (χ0) is 18.9. The van der Waals surface area contributed by atoms with E-state index in [1.54, 1.807) is 14.2 Å². The summed E-state index contributed by atoms with van der Waals surface area (Å²) in [4.78, 5) is 23.1. The molecule has 0 N–H and O–H groups in total. The van der Waals surface area contributed by atoms with Crippen molar-refractivity contribution in [3.63, 3.8) is 0 Å². The Kier molecular flexibility index (Phi) is 15.6. The first-order valence-electron chi connectivity index (χ1n) is 9.36. The minimum absolute atomic E-state index is 0.114. The third kappa shape index (κ3) is 16.1.